The van der Waals surface area contributed by atoms with Crippen molar-refractivity contribution in [3.05, 3.63) is 29.8 Å². The average molecular weight is 221 g/mol. The van der Waals surface area contributed by atoms with Gasteiger partial charge in [0.2, 0.25) is 0 Å². The maximum Gasteiger partial charge on any atom is 0.0377 e. The smallest absolute Gasteiger partial charge is 0.0377 e. The van der Waals surface area contributed by atoms with E-state index in [-0.39, 0.29) is 0 Å². The van der Waals surface area contributed by atoms with E-state index in [1.54, 1.807) is 0 Å². The molecule has 0 saturated carbocycles. The van der Waals surface area contributed by atoms with Gasteiger partial charge in [-0.15, -0.1) is 0 Å². The second-order valence-corrected chi connectivity index (χ2v) is 5.82. The first-order valence-corrected chi connectivity index (χ1v) is 6.75. The van der Waals surface area contributed by atoms with Gasteiger partial charge >= 0.3 is 0 Å². The molecule has 1 aliphatic heterocycles. The molecule has 2 heteroatoms. The zero-order valence-electron chi connectivity index (χ0n) is 9.49. The van der Waals surface area contributed by atoms with Crippen molar-refractivity contribution in [2.45, 2.75) is 38.0 Å². The van der Waals surface area contributed by atoms with Crippen LogP contribution in [0, 0.1) is 6.92 Å². The minimum atomic E-state index is 0.645. The summed E-state index contributed by atoms with van der Waals surface area (Å²) in [4.78, 5) is 0. The number of nitrogens with one attached hydrogen (secondary N) is 1. The highest BCUT2D eigenvalue weighted by molar-refractivity contribution is 8.00. The minimum absolute atomic E-state index is 0.645. The largest absolute Gasteiger partial charge is 0.381 e. The lowest BCUT2D eigenvalue weighted by Crippen LogP contribution is -2.32. The molecule has 1 fully saturated rings. The Morgan fingerprint density at radius 1 is 1.27 bits per heavy atom. The summed E-state index contributed by atoms with van der Waals surface area (Å²) < 4.78 is 0. The summed E-state index contributed by atoms with van der Waals surface area (Å²) in [5.41, 5.74) is 2.59. The van der Waals surface area contributed by atoms with Gasteiger partial charge in [0.25, 0.3) is 0 Å². The molecule has 1 N–H and O–H groups in total. The molecule has 1 heterocycles. The van der Waals surface area contributed by atoms with Gasteiger partial charge in [0.1, 0.15) is 0 Å². The fourth-order valence-corrected chi connectivity index (χ4v) is 3.12. The van der Waals surface area contributed by atoms with Crippen LogP contribution in [0.25, 0.3) is 0 Å². The average Bonchev–Trinajstić information content (AvgIpc) is 2.25. The SMILES string of the molecule is Cc1ccc(NC2CCCSC2C)cc1. The van der Waals surface area contributed by atoms with Crippen LogP contribution in [0.15, 0.2) is 24.3 Å². The molecule has 82 valence electrons. The Kier molecular flexibility index (Phi) is 3.57. The third-order valence-electron chi connectivity index (χ3n) is 3.01. The van der Waals surface area contributed by atoms with Crippen LogP contribution in [-0.4, -0.2) is 17.0 Å². The summed E-state index contributed by atoms with van der Waals surface area (Å²) in [6.07, 6.45) is 2.65. The van der Waals surface area contributed by atoms with Crippen LogP contribution < -0.4 is 5.32 Å². The maximum atomic E-state index is 3.64. The molecule has 0 bridgehead atoms. The molecule has 0 radical (unpaired) electrons. The highest BCUT2D eigenvalue weighted by Gasteiger charge is 2.21. The van der Waals surface area contributed by atoms with Crippen LogP contribution in [0.2, 0.25) is 0 Å². The van der Waals surface area contributed by atoms with Gasteiger partial charge in [0.05, 0.1) is 0 Å². The van der Waals surface area contributed by atoms with Crippen LogP contribution in [-0.2, 0) is 0 Å². The van der Waals surface area contributed by atoms with Crippen molar-refractivity contribution in [2.24, 2.45) is 0 Å². The van der Waals surface area contributed by atoms with E-state index in [1.165, 1.54) is 29.8 Å². The van der Waals surface area contributed by atoms with Gasteiger partial charge in [-0.05, 0) is 37.7 Å². The number of hydrogen-bond acceptors (Lipinski definition) is 2. The van der Waals surface area contributed by atoms with E-state index >= 15 is 0 Å². The van der Waals surface area contributed by atoms with Crippen molar-refractivity contribution in [2.75, 3.05) is 11.1 Å². The normalized spacial score (nSPS) is 26.3. The monoisotopic (exact) mass is 221 g/mol. The molecule has 1 aliphatic rings. The van der Waals surface area contributed by atoms with E-state index in [1.807, 2.05) is 0 Å². The standard InChI is InChI=1S/C13H19NS/c1-10-5-7-12(8-6-10)14-13-4-3-9-15-11(13)2/h5-8,11,13-14H,3-4,9H2,1-2H3. The lowest BCUT2D eigenvalue weighted by molar-refractivity contribution is 0.617. The molecule has 1 aromatic rings. The van der Waals surface area contributed by atoms with Gasteiger partial charge in [0, 0.05) is 17.0 Å². The van der Waals surface area contributed by atoms with E-state index in [9.17, 15) is 0 Å². The Bertz CT molecular complexity index is 307. The Morgan fingerprint density at radius 2 is 2.00 bits per heavy atom. The molecule has 0 spiro atoms. The molecule has 0 aliphatic carbocycles. The molecule has 2 rings (SSSR count). The molecule has 0 amide bonds. The molecule has 1 aromatic carbocycles. The first kappa shape index (κ1) is 10.9. The molecular weight excluding hydrogens is 202 g/mol. The number of thioether (sulfide) groups is 1. The lowest BCUT2D eigenvalue weighted by Gasteiger charge is -2.30. The highest BCUT2D eigenvalue weighted by atomic mass is 32.2. The first-order chi connectivity index (χ1) is 7.25. The van der Waals surface area contributed by atoms with Gasteiger partial charge in [-0.25, -0.2) is 0 Å². The van der Waals surface area contributed by atoms with E-state index in [4.69, 9.17) is 0 Å². The van der Waals surface area contributed by atoms with Gasteiger partial charge in [0.15, 0.2) is 0 Å². The van der Waals surface area contributed by atoms with Crippen molar-refractivity contribution in [3.8, 4) is 0 Å². The molecular formula is C13H19NS. The van der Waals surface area contributed by atoms with Crippen LogP contribution in [0.4, 0.5) is 5.69 Å². The van der Waals surface area contributed by atoms with E-state index in [2.05, 4.69) is 55.2 Å². The number of aryl methyl sites for hydroxylation is 1. The maximum absolute atomic E-state index is 3.64. The highest BCUT2D eigenvalue weighted by Crippen LogP contribution is 2.27. The third-order valence-corrected chi connectivity index (χ3v) is 4.39. The summed E-state index contributed by atoms with van der Waals surface area (Å²) in [6.45, 7) is 4.46. The number of benzene rings is 1. The summed E-state index contributed by atoms with van der Waals surface area (Å²) in [5.74, 6) is 1.33. The Hall–Kier alpha value is -0.630. The summed E-state index contributed by atoms with van der Waals surface area (Å²) in [7, 11) is 0. The summed E-state index contributed by atoms with van der Waals surface area (Å²) in [6, 6.07) is 9.35. The van der Waals surface area contributed by atoms with Crippen LogP contribution in [0.3, 0.4) is 0 Å². The second-order valence-electron chi connectivity index (χ2n) is 4.33. The van der Waals surface area contributed by atoms with Crippen LogP contribution in [0.5, 0.6) is 0 Å². The molecule has 2 atom stereocenters. The Labute approximate surface area is 96.7 Å². The number of hydrogen-bond donors (Lipinski definition) is 1. The van der Waals surface area contributed by atoms with Gasteiger partial charge in [-0.3, -0.25) is 0 Å². The number of anilines is 1. The predicted molar refractivity (Wildman–Crippen MR) is 69.7 cm³/mol. The fraction of sp³-hybridized carbons (Fsp3) is 0.538. The van der Waals surface area contributed by atoms with Crippen molar-refractivity contribution in [3.63, 3.8) is 0 Å². The van der Waals surface area contributed by atoms with Crippen molar-refractivity contribution >= 4 is 17.4 Å². The van der Waals surface area contributed by atoms with E-state index in [0.29, 0.717) is 6.04 Å². The molecule has 0 aromatic heterocycles. The third kappa shape index (κ3) is 2.91. The Morgan fingerprint density at radius 3 is 2.67 bits per heavy atom. The summed E-state index contributed by atoms with van der Waals surface area (Å²) in [5, 5.41) is 4.37. The lowest BCUT2D eigenvalue weighted by atomic mass is 10.1. The van der Waals surface area contributed by atoms with Crippen molar-refractivity contribution in [1.29, 1.82) is 0 Å². The quantitative estimate of drug-likeness (QED) is 0.817. The van der Waals surface area contributed by atoms with Gasteiger partial charge in [-0.1, -0.05) is 24.6 Å². The van der Waals surface area contributed by atoms with Gasteiger partial charge in [-0.2, -0.15) is 11.8 Å². The van der Waals surface area contributed by atoms with E-state index < -0.39 is 0 Å². The molecule has 1 nitrogen and oxygen atoms in total. The van der Waals surface area contributed by atoms with Crippen LogP contribution >= 0.6 is 11.8 Å². The minimum Gasteiger partial charge on any atom is -0.381 e. The molecule has 2 unspecified atom stereocenters. The second kappa shape index (κ2) is 4.93. The van der Waals surface area contributed by atoms with Crippen LogP contribution in [0.1, 0.15) is 25.3 Å². The fourth-order valence-electron chi connectivity index (χ4n) is 1.98. The topological polar surface area (TPSA) is 12.0 Å². The van der Waals surface area contributed by atoms with E-state index in [0.717, 1.165) is 5.25 Å². The zero-order valence-corrected chi connectivity index (χ0v) is 10.3. The number of rotatable bonds is 2. The predicted octanol–water partition coefficient (Wildman–Crippen LogP) is 3.69. The van der Waals surface area contributed by atoms with Crippen molar-refractivity contribution < 1.29 is 0 Å². The molecule has 1 saturated heterocycles. The molecule has 15 heavy (non-hydrogen) atoms. The van der Waals surface area contributed by atoms with Gasteiger partial charge < -0.3 is 5.32 Å². The zero-order chi connectivity index (χ0) is 10.7. The Balaban J connectivity index is 1.98. The first-order valence-electron chi connectivity index (χ1n) is 5.70. The van der Waals surface area contributed by atoms with Crippen molar-refractivity contribution in [1.82, 2.24) is 0 Å². The summed E-state index contributed by atoms with van der Waals surface area (Å²) >= 11 is 2.09.